The summed E-state index contributed by atoms with van der Waals surface area (Å²) in [6.45, 7) is 7.94. The molecule has 0 saturated carbocycles. The van der Waals surface area contributed by atoms with Crippen molar-refractivity contribution in [2.45, 2.75) is 58.0 Å². The molecule has 0 aromatic heterocycles. The number of nitrogens with zero attached hydrogens (tertiary/aromatic N) is 1. The van der Waals surface area contributed by atoms with E-state index in [2.05, 4.69) is 24.1 Å². The van der Waals surface area contributed by atoms with Crippen molar-refractivity contribution in [3.63, 3.8) is 0 Å². The molecule has 0 spiro atoms. The van der Waals surface area contributed by atoms with Gasteiger partial charge in [-0.25, -0.2) is 0 Å². The maximum atomic E-state index is 9.22. The highest BCUT2D eigenvalue weighted by Gasteiger charge is 2.24. The molecular weight excluding hydrogens is 200 g/mol. The number of rotatable bonds is 6. The second kappa shape index (κ2) is 8.04. The maximum Gasteiger partial charge on any atom is 0.0558 e. The van der Waals surface area contributed by atoms with E-state index in [1.165, 1.54) is 32.1 Å². The molecule has 96 valence electrons. The molecule has 1 fully saturated rings. The molecule has 3 nitrogen and oxygen atoms in total. The summed E-state index contributed by atoms with van der Waals surface area (Å²) in [5.74, 6) is 0. The fraction of sp³-hybridized carbons (Fsp3) is 1.00. The standard InChI is InChI=1S/C13H28N2O/c1-3-12(4-2)15(10-11-16)13-6-5-8-14-9-7-13/h12-14,16H,3-11H2,1-2H3. The Kier molecular flexibility index (Phi) is 7.01. The summed E-state index contributed by atoms with van der Waals surface area (Å²) in [5, 5.41) is 12.7. The summed E-state index contributed by atoms with van der Waals surface area (Å²) in [7, 11) is 0. The van der Waals surface area contributed by atoms with E-state index in [-0.39, 0.29) is 0 Å². The molecule has 1 rings (SSSR count). The SMILES string of the molecule is CCC(CC)N(CCO)C1CCCNCC1. The number of aliphatic hydroxyl groups excluding tert-OH is 1. The van der Waals surface area contributed by atoms with Crippen LogP contribution in [0.5, 0.6) is 0 Å². The van der Waals surface area contributed by atoms with Crippen LogP contribution >= 0.6 is 0 Å². The zero-order valence-corrected chi connectivity index (χ0v) is 10.9. The Hall–Kier alpha value is -0.120. The van der Waals surface area contributed by atoms with Crippen molar-refractivity contribution in [3.05, 3.63) is 0 Å². The van der Waals surface area contributed by atoms with Crippen molar-refractivity contribution in [3.8, 4) is 0 Å². The van der Waals surface area contributed by atoms with Crippen LogP contribution in [0.25, 0.3) is 0 Å². The van der Waals surface area contributed by atoms with E-state index >= 15 is 0 Å². The van der Waals surface area contributed by atoms with E-state index in [0.29, 0.717) is 18.7 Å². The number of hydrogen-bond donors (Lipinski definition) is 2. The Morgan fingerprint density at radius 2 is 2.00 bits per heavy atom. The smallest absolute Gasteiger partial charge is 0.0558 e. The normalized spacial score (nSPS) is 22.7. The van der Waals surface area contributed by atoms with E-state index in [9.17, 15) is 5.11 Å². The predicted molar refractivity (Wildman–Crippen MR) is 68.7 cm³/mol. The third kappa shape index (κ3) is 4.04. The molecule has 1 heterocycles. The van der Waals surface area contributed by atoms with Gasteiger partial charge in [-0.1, -0.05) is 13.8 Å². The van der Waals surface area contributed by atoms with Crippen molar-refractivity contribution >= 4 is 0 Å². The summed E-state index contributed by atoms with van der Waals surface area (Å²) >= 11 is 0. The first-order chi connectivity index (χ1) is 7.83. The molecule has 0 aromatic carbocycles. The highest BCUT2D eigenvalue weighted by molar-refractivity contribution is 4.80. The maximum absolute atomic E-state index is 9.22. The molecule has 2 N–H and O–H groups in total. The van der Waals surface area contributed by atoms with Crippen LogP contribution in [0, 0.1) is 0 Å². The van der Waals surface area contributed by atoms with Crippen LogP contribution in [-0.2, 0) is 0 Å². The first-order valence-electron chi connectivity index (χ1n) is 6.90. The van der Waals surface area contributed by atoms with Crippen molar-refractivity contribution < 1.29 is 5.11 Å². The van der Waals surface area contributed by atoms with Gasteiger partial charge in [0.15, 0.2) is 0 Å². The minimum atomic E-state index is 0.292. The molecule has 1 unspecified atom stereocenters. The Morgan fingerprint density at radius 3 is 2.62 bits per heavy atom. The fourth-order valence-corrected chi connectivity index (χ4v) is 2.87. The van der Waals surface area contributed by atoms with Gasteiger partial charge in [-0.3, -0.25) is 4.90 Å². The van der Waals surface area contributed by atoms with E-state index in [1.807, 2.05) is 0 Å². The highest BCUT2D eigenvalue weighted by atomic mass is 16.3. The first-order valence-corrected chi connectivity index (χ1v) is 6.90. The van der Waals surface area contributed by atoms with Gasteiger partial charge in [0.25, 0.3) is 0 Å². The Bertz CT molecular complexity index is 163. The van der Waals surface area contributed by atoms with Crippen LogP contribution in [0.1, 0.15) is 46.0 Å². The van der Waals surface area contributed by atoms with Crippen molar-refractivity contribution in [2.24, 2.45) is 0 Å². The van der Waals surface area contributed by atoms with Gasteiger partial charge in [-0.15, -0.1) is 0 Å². The second-order valence-electron chi connectivity index (χ2n) is 4.77. The Labute approximate surface area is 100 Å². The van der Waals surface area contributed by atoms with Crippen LogP contribution in [0.2, 0.25) is 0 Å². The van der Waals surface area contributed by atoms with E-state index in [0.717, 1.165) is 19.6 Å². The molecule has 0 radical (unpaired) electrons. The molecule has 1 aliphatic heterocycles. The zero-order chi connectivity index (χ0) is 11.8. The van der Waals surface area contributed by atoms with Crippen LogP contribution in [-0.4, -0.2) is 48.3 Å². The summed E-state index contributed by atoms with van der Waals surface area (Å²) in [6.07, 6.45) is 6.17. The van der Waals surface area contributed by atoms with Crippen molar-refractivity contribution in [2.75, 3.05) is 26.2 Å². The summed E-state index contributed by atoms with van der Waals surface area (Å²) in [4.78, 5) is 2.55. The van der Waals surface area contributed by atoms with Crippen LogP contribution in [0.15, 0.2) is 0 Å². The lowest BCUT2D eigenvalue weighted by atomic mass is 10.0. The zero-order valence-electron chi connectivity index (χ0n) is 10.9. The second-order valence-corrected chi connectivity index (χ2v) is 4.77. The molecule has 0 aliphatic carbocycles. The monoisotopic (exact) mass is 228 g/mol. The molecule has 1 saturated heterocycles. The molecule has 0 bridgehead atoms. The van der Waals surface area contributed by atoms with Gasteiger partial charge >= 0.3 is 0 Å². The van der Waals surface area contributed by atoms with Crippen molar-refractivity contribution in [1.29, 1.82) is 0 Å². The lowest BCUT2D eigenvalue weighted by Gasteiger charge is -2.36. The lowest BCUT2D eigenvalue weighted by molar-refractivity contribution is 0.0895. The van der Waals surface area contributed by atoms with Gasteiger partial charge in [-0.2, -0.15) is 0 Å². The topological polar surface area (TPSA) is 35.5 Å². The summed E-state index contributed by atoms with van der Waals surface area (Å²) < 4.78 is 0. The van der Waals surface area contributed by atoms with Gasteiger partial charge in [0.1, 0.15) is 0 Å². The third-order valence-electron chi connectivity index (χ3n) is 3.78. The molecule has 0 aromatic rings. The summed E-state index contributed by atoms with van der Waals surface area (Å²) in [5.41, 5.74) is 0. The average molecular weight is 228 g/mol. The Morgan fingerprint density at radius 1 is 1.25 bits per heavy atom. The summed E-state index contributed by atoms with van der Waals surface area (Å²) in [6, 6.07) is 1.32. The van der Waals surface area contributed by atoms with Crippen LogP contribution in [0.4, 0.5) is 0 Å². The first kappa shape index (κ1) is 13.9. The van der Waals surface area contributed by atoms with Gasteiger partial charge in [0.05, 0.1) is 6.61 Å². The van der Waals surface area contributed by atoms with Gasteiger partial charge in [0.2, 0.25) is 0 Å². The fourth-order valence-electron chi connectivity index (χ4n) is 2.87. The lowest BCUT2D eigenvalue weighted by Crippen LogP contribution is -2.44. The predicted octanol–water partition coefficient (Wildman–Crippen LogP) is 1.61. The quantitative estimate of drug-likeness (QED) is 0.725. The number of aliphatic hydroxyl groups is 1. The van der Waals surface area contributed by atoms with Crippen LogP contribution < -0.4 is 5.32 Å². The van der Waals surface area contributed by atoms with Crippen LogP contribution in [0.3, 0.4) is 0 Å². The van der Waals surface area contributed by atoms with Gasteiger partial charge in [-0.05, 0) is 45.2 Å². The number of nitrogens with one attached hydrogen (secondary N) is 1. The molecule has 1 atom stereocenters. The minimum absolute atomic E-state index is 0.292. The van der Waals surface area contributed by atoms with Gasteiger partial charge in [0, 0.05) is 18.6 Å². The van der Waals surface area contributed by atoms with E-state index in [1.54, 1.807) is 0 Å². The Balaban J connectivity index is 2.58. The van der Waals surface area contributed by atoms with E-state index < -0.39 is 0 Å². The van der Waals surface area contributed by atoms with E-state index in [4.69, 9.17) is 0 Å². The third-order valence-corrected chi connectivity index (χ3v) is 3.78. The van der Waals surface area contributed by atoms with Crippen molar-refractivity contribution in [1.82, 2.24) is 10.2 Å². The molecule has 0 amide bonds. The number of hydrogen-bond acceptors (Lipinski definition) is 3. The average Bonchev–Trinajstić information content (AvgIpc) is 2.58. The largest absolute Gasteiger partial charge is 0.395 e. The molecular formula is C13H28N2O. The molecule has 1 aliphatic rings. The minimum Gasteiger partial charge on any atom is -0.395 e. The molecule has 16 heavy (non-hydrogen) atoms. The van der Waals surface area contributed by atoms with Gasteiger partial charge < -0.3 is 10.4 Å². The molecule has 3 heteroatoms. The highest BCUT2D eigenvalue weighted by Crippen LogP contribution is 2.19.